The maximum Gasteiger partial charge on any atom is 0.177 e. The van der Waals surface area contributed by atoms with Crippen LogP contribution in [0.15, 0.2) is 12.1 Å². The zero-order valence-electron chi connectivity index (χ0n) is 12.9. The van der Waals surface area contributed by atoms with E-state index in [1.165, 1.54) is 6.26 Å². The van der Waals surface area contributed by atoms with E-state index in [1.54, 1.807) is 11.9 Å². The highest BCUT2D eigenvalue weighted by Crippen LogP contribution is 2.17. The maximum absolute atomic E-state index is 12.3. The van der Waals surface area contributed by atoms with E-state index in [9.17, 15) is 13.2 Å². The van der Waals surface area contributed by atoms with Crippen molar-refractivity contribution in [2.24, 2.45) is 0 Å². The smallest absolute Gasteiger partial charge is 0.177 e. The Labute approximate surface area is 121 Å². The molecular formula is C15H23NO3S. The molecule has 0 amide bonds. The second-order valence-corrected chi connectivity index (χ2v) is 7.82. The van der Waals surface area contributed by atoms with Crippen molar-refractivity contribution in [3.8, 4) is 0 Å². The lowest BCUT2D eigenvalue weighted by atomic mass is 9.96. The van der Waals surface area contributed by atoms with Crippen LogP contribution < -0.4 is 0 Å². The van der Waals surface area contributed by atoms with E-state index in [0.29, 0.717) is 6.54 Å². The minimum atomic E-state index is -2.99. The first-order chi connectivity index (χ1) is 9.10. The number of ketones is 1. The number of carbonyl (C=O) groups excluding carboxylic acids is 1. The minimum Gasteiger partial charge on any atom is -0.298 e. The molecule has 0 aliphatic carbocycles. The van der Waals surface area contributed by atoms with Crippen molar-refractivity contribution in [2.75, 3.05) is 32.1 Å². The van der Waals surface area contributed by atoms with Crippen LogP contribution in [0.3, 0.4) is 0 Å². The second kappa shape index (κ2) is 6.50. The number of sulfone groups is 1. The summed E-state index contributed by atoms with van der Waals surface area (Å²) in [5.41, 5.74) is 3.84. The van der Waals surface area contributed by atoms with Gasteiger partial charge in [-0.25, -0.2) is 8.42 Å². The van der Waals surface area contributed by atoms with Crippen LogP contribution >= 0.6 is 0 Å². The number of likely N-dealkylation sites (N-methyl/N-ethyl adjacent to an activating group) is 1. The molecule has 1 rings (SSSR count). The van der Waals surface area contributed by atoms with Gasteiger partial charge in [-0.05, 0) is 38.9 Å². The molecule has 0 N–H and O–H groups in total. The maximum atomic E-state index is 12.3. The zero-order chi connectivity index (χ0) is 15.5. The van der Waals surface area contributed by atoms with Gasteiger partial charge in [0.25, 0.3) is 0 Å². The van der Waals surface area contributed by atoms with Crippen LogP contribution in [-0.4, -0.2) is 51.2 Å². The number of hydrogen-bond donors (Lipinski definition) is 0. The molecule has 0 radical (unpaired) electrons. The summed E-state index contributed by atoms with van der Waals surface area (Å²) in [6.45, 7) is 6.48. The van der Waals surface area contributed by atoms with Crippen molar-refractivity contribution in [1.29, 1.82) is 0 Å². The van der Waals surface area contributed by atoms with Crippen LogP contribution in [0.4, 0.5) is 0 Å². The average Bonchev–Trinajstić information content (AvgIpc) is 2.23. The van der Waals surface area contributed by atoms with Crippen molar-refractivity contribution in [2.45, 2.75) is 20.8 Å². The first kappa shape index (κ1) is 16.9. The summed E-state index contributed by atoms with van der Waals surface area (Å²) in [5, 5.41) is 0. The van der Waals surface area contributed by atoms with Gasteiger partial charge in [0.2, 0.25) is 0 Å². The Morgan fingerprint density at radius 1 is 1.15 bits per heavy atom. The van der Waals surface area contributed by atoms with Crippen molar-refractivity contribution in [3.63, 3.8) is 0 Å². The summed E-state index contributed by atoms with van der Waals surface area (Å²) < 4.78 is 22.3. The molecule has 0 unspecified atom stereocenters. The molecule has 0 aliphatic rings. The van der Waals surface area contributed by atoms with Crippen molar-refractivity contribution in [3.05, 3.63) is 34.4 Å². The van der Waals surface area contributed by atoms with Gasteiger partial charge in [0.15, 0.2) is 5.78 Å². The average molecular weight is 297 g/mol. The fraction of sp³-hybridized carbons (Fsp3) is 0.533. The number of benzene rings is 1. The Morgan fingerprint density at radius 3 is 2.10 bits per heavy atom. The Morgan fingerprint density at radius 2 is 1.65 bits per heavy atom. The van der Waals surface area contributed by atoms with Gasteiger partial charge in [-0.1, -0.05) is 17.7 Å². The van der Waals surface area contributed by atoms with Gasteiger partial charge in [-0.3, -0.25) is 9.69 Å². The first-order valence-corrected chi connectivity index (χ1v) is 8.63. The topological polar surface area (TPSA) is 54.5 Å². The van der Waals surface area contributed by atoms with Crippen LogP contribution in [0.2, 0.25) is 0 Å². The number of Topliss-reactive ketones (excluding diaryl/α,β-unsaturated/α-hetero) is 1. The van der Waals surface area contributed by atoms with E-state index in [4.69, 9.17) is 0 Å². The van der Waals surface area contributed by atoms with Crippen LogP contribution in [0.25, 0.3) is 0 Å². The number of rotatable bonds is 6. The molecule has 0 spiro atoms. The molecule has 0 aromatic heterocycles. The van der Waals surface area contributed by atoms with E-state index in [0.717, 1.165) is 22.3 Å². The van der Waals surface area contributed by atoms with Gasteiger partial charge in [0.05, 0.1) is 12.3 Å². The predicted octanol–water partition coefficient (Wildman–Crippen LogP) is 1.77. The second-order valence-electron chi connectivity index (χ2n) is 5.56. The molecular weight excluding hydrogens is 274 g/mol. The molecule has 5 heteroatoms. The Balaban J connectivity index is 2.77. The molecule has 1 aromatic carbocycles. The number of carbonyl (C=O) groups is 1. The quantitative estimate of drug-likeness (QED) is 0.751. The molecule has 1 aromatic rings. The molecule has 0 heterocycles. The van der Waals surface area contributed by atoms with E-state index < -0.39 is 9.84 Å². The minimum absolute atomic E-state index is 0.0380. The lowest BCUT2D eigenvalue weighted by molar-refractivity contribution is 0.0948. The lowest BCUT2D eigenvalue weighted by Gasteiger charge is -2.17. The van der Waals surface area contributed by atoms with Crippen LogP contribution in [-0.2, 0) is 9.84 Å². The molecule has 4 nitrogen and oxygen atoms in total. The molecule has 20 heavy (non-hydrogen) atoms. The van der Waals surface area contributed by atoms with Gasteiger partial charge in [-0.15, -0.1) is 0 Å². The Hall–Kier alpha value is -1.20. The summed E-state index contributed by atoms with van der Waals surface area (Å²) in [5.74, 6) is 0.110. The molecule has 0 atom stereocenters. The van der Waals surface area contributed by atoms with Crippen LogP contribution in [0, 0.1) is 20.8 Å². The van der Waals surface area contributed by atoms with E-state index >= 15 is 0 Å². The SMILES string of the molecule is Cc1cc(C)c(C(=O)CN(C)CCS(C)(=O)=O)c(C)c1. The van der Waals surface area contributed by atoms with E-state index in [-0.39, 0.29) is 18.1 Å². The Kier molecular flexibility index (Phi) is 5.48. The highest BCUT2D eigenvalue weighted by Gasteiger charge is 2.15. The fourth-order valence-corrected chi connectivity index (χ4v) is 2.99. The van der Waals surface area contributed by atoms with Gasteiger partial charge in [0.1, 0.15) is 9.84 Å². The molecule has 0 aliphatic heterocycles. The first-order valence-electron chi connectivity index (χ1n) is 6.57. The zero-order valence-corrected chi connectivity index (χ0v) is 13.7. The van der Waals surface area contributed by atoms with Crippen molar-refractivity contribution in [1.82, 2.24) is 4.90 Å². The number of nitrogens with zero attached hydrogens (tertiary/aromatic N) is 1. The standard InChI is InChI=1S/C15H23NO3S/c1-11-8-12(2)15(13(3)9-11)14(17)10-16(4)6-7-20(5,18)19/h8-9H,6-7,10H2,1-5H3. The summed E-state index contributed by atoms with van der Waals surface area (Å²) in [4.78, 5) is 14.1. The summed E-state index contributed by atoms with van der Waals surface area (Å²) in [6, 6.07) is 3.99. The third-order valence-electron chi connectivity index (χ3n) is 3.21. The van der Waals surface area contributed by atoms with Crippen LogP contribution in [0.1, 0.15) is 27.0 Å². The third kappa shape index (κ3) is 5.06. The van der Waals surface area contributed by atoms with E-state index in [1.807, 2.05) is 32.9 Å². The summed E-state index contributed by atoms with van der Waals surface area (Å²) in [6.07, 6.45) is 1.21. The molecule has 112 valence electrons. The number of hydrogen-bond acceptors (Lipinski definition) is 4. The number of aryl methyl sites for hydroxylation is 3. The van der Waals surface area contributed by atoms with Gasteiger partial charge in [-0.2, -0.15) is 0 Å². The van der Waals surface area contributed by atoms with Gasteiger partial charge >= 0.3 is 0 Å². The normalized spacial score (nSPS) is 11.9. The van der Waals surface area contributed by atoms with Crippen LogP contribution in [0.5, 0.6) is 0 Å². The molecule has 0 fully saturated rings. The molecule has 0 saturated carbocycles. The largest absolute Gasteiger partial charge is 0.298 e. The highest BCUT2D eigenvalue weighted by atomic mass is 32.2. The lowest BCUT2D eigenvalue weighted by Crippen LogP contribution is -2.31. The fourth-order valence-electron chi connectivity index (χ4n) is 2.34. The van der Waals surface area contributed by atoms with Gasteiger partial charge < -0.3 is 0 Å². The Bertz CT molecular complexity index is 583. The predicted molar refractivity (Wildman–Crippen MR) is 82.2 cm³/mol. The summed E-state index contributed by atoms with van der Waals surface area (Å²) in [7, 11) is -1.23. The van der Waals surface area contributed by atoms with E-state index in [2.05, 4.69) is 0 Å². The van der Waals surface area contributed by atoms with Crippen molar-refractivity contribution < 1.29 is 13.2 Å². The third-order valence-corrected chi connectivity index (χ3v) is 4.14. The molecule has 0 bridgehead atoms. The van der Waals surface area contributed by atoms with Crippen molar-refractivity contribution >= 4 is 15.6 Å². The highest BCUT2D eigenvalue weighted by molar-refractivity contribution is 7.90. The molecule has 0 saturated heterocycles. The summed E-state index contributed by atoms with van der Waals surface area (Å²) >= 11 is 0. The monoisotopic (exact) mass is 297 g/mol. The van der Waals surface area contributed by atoms with Gasteiger partial charge in [0, 0.05) is 18.4 Å².